The van der Waals surface area contributed by atoms with Gasteiger partial charge in [0.2, 0.25) is 5.91 Å². The molecule has 1 atom stereocenters. The van der Waals surface area contributed by atoms with Crippen LogP contribution in [-0.4, -0.2) is 59.0 Å². The molecule has 1 N–H and O–H groups in total. The Labute approximate surface area is 221 Å². The number of ether oxygens (including phenoxy) is 1. The standard InChI is InChI=1S/C30H30FN3O4/c1-21-7-5-6-10-25(21)29(37)34-26(27(35)32-19-22-8-3-2-4-9-22)20-38-30(34)15-17-33(18-16-30)28(36)23-11-13-24(31)14-12-23/h2-14,26H,15-20H2,1H3,(H,32,35)/t26-/m1/s1. The normalized spacial score (nSPS) is 18.4. The van der Waals surface area contributed by atoms with Crippen LogP contribution in [0.5, 0.6) is 0 Å². The van der Waals surface area contributed by atoms with E-state index in [1.807, 2.05) is 49.4 Å². The van der Waals surface area contributed by atoms with Crippen LogP contribution in [0.2, 0.25) is 0 Å². The molecule has 0 aliphatic carbocycles. The molecule has 38 heavy (non-hydrogen) atoms. The van der Waals surface area contributed by atoms with Gasteiger partial charge in [0, 0.05) is 43.6 Å². The van der Waals surface area contributed by atoms with E-state index in [2.05, 4.69) is 5.32 Å². The van der Waals surface area contributed by atoms with Gasteiger partial charge < -0.3 is 15.0 Å². The summed E-state index contributed by atoms with van der Waals surface area (Å²) in [5, 5.41) is 2.96. The molecule has 3 aromatic rings. The quantitative estimate of drug-likeness (QED) is 0.559. The van der Waals surface area contributed by atoms with E-state index >= 15 is 0 Å². The van der Waals surface area contributed by atoms with Crippen molar-refractivity contribution in [2.45, 2.75) is 38.1 Å². The molecule has 3 amide bonds. The van der Waals surface area contributed by atoms with E-state index in [1.54, 1.807) is 21.9 Å². The molecule has 5 rings (SSSR count). The van der Waals surface area contributed by atoms with E-state index in [9.17, 15) is 18.8 Å². The number of halogens is 1. The zero-order valence-corrected chi connectivity index (χ0v) is 21.2. The summed E-state index contributed by atoms with van der Waals surface area (Å²) in [6, 6.07) is 21.5. The number of nitrogens with zero attached hydrogens (tertiary/aromatic N) is 2. The Morgan fingerprint density at radius 2 is 1.58 bits per heavy atom. The van der Waals surface area contributed by atoms with E-state index in [4.69, 9.17) is 4.74 Å². The van der Waals surface area contributed by atoms with Crippen LogP contribution in [0.3, 0.4) is 0 Å². The highest BCUT2D eigenvalue weighted by Gasteiger charge is 2.54. The molecule has 196 valence electrons. The van der Waals surface area contributed by atoms with Crippen molar-refractivity contribution in [3.05, 3.63) is 107 Å². The minimum atomic E-state index is -1.01. The van der Waals surface area contributed by atoms with Gasteiger partial charge in [-0.3, -0.25) is 19.3 Å². The SMILES string of the molecule is Cc1ccccc1C(=O)N1[C@@H](C(=O)NCc2ccccc2)COC12CCN(C(=O)c1ccc(F)cc1)CC2. The number of benzene rings is 3. The summed E-state index contributed by atoms with van der Waals surface area (Å²) in [5.74, 6) is -1.15. The first kappa shape index (κ1) is 25.6. The van der Waals surface area contributed by atoms with E-state index in [0.29, 0.717) is 43.6 Å². The van der Waals surface area contributed by atoms with Crippen molar-refractivity contribution in [1.82, 2.24) is 15.1 Å². The van der Waals surface area contributed by atoms with Crippen LogP contribution < -0.4 is 5.32 Å². The Hall–Kier alpha value is -4.04. The van der Waals surface area contributed by atoms with Gasteiger partial charge in [0.15, 0.2) is 0 Å². The number of hydrogen-bond donors (Lipinski definition) is 1. The number of nitrogens with one attached hydrogen (secondary N) is 1. The van der Waals surface area contributed by atoms with Crippen LogP contribution in [0.4, 0.5) is 4.39 Å². The fourth-order valence-electron chi connectivity index (χ4n) is 5.25. The highest BCUT2D eigenvalue weighted by atomic mass is 19.1. The average molecular weight is 516 g/mol. The lowest BCUT2D eigenvalue weighted by atomic mass is 9.95. The van der Waals surface area contributed by atoms with Crippen molar-refractivity contribution in [3.8, 4) is 0 Å². The molecule has 0 bridgehead atoms. The van der Waals surface area contributed by atoms with Gasteiger partial charge in [-0.15, -0.1) is 0 Å². The van der Waals surface area contributed by atoms with Crippen molar-refractivity contribution in [2.24, 2.45) is 0 Å². The Morgan fingerprint density at radius 1 is 0.921 bits per heavy atom. The molecule has 7 nitrogen and oxygen atoms in total. The predicted octanol–water partition coefficient (Wildman–Crippen LogP) is 3.92. The lowest BCUT2D eigenvalue weighted by molar-refractivity contribution is -0.128. The van der Waals surface area contributed by atoms with Crippen molar-refractivity contribution in [2.75, 3.05) is 19.7 Å². The molecular formula is C30H30FN3O4. The minimum Gasteiger partial charge on any atom is -0.353 e. The van der Waals surface area contributed by atoms with Gasteiger partial charge in [0.25, 0.3) is 11.8 Å². The van der Waals surface area contributed by atoms with E-state index in [-0.39, 0.29) is 24.3 Å². The van der Waals surface area contributed by atoms with Crippen LogP contribution in [-0.2, 0) is 16.1 Å². The number of likely N-dealkylation sites (tertiary alicyclic amines) is 1. The number of hydrogen-bond acceptors (Lipinski definition) is 4. The molecule has 3 aromatic carbocycles. The average Bonchev–Trinajstić information content (AvgIpc) is 3.31. The molecule has 2 heterocycles. The second-order valence-electron chi connectivity index (χ2n) is 9.77. The molecule has 2 saturated heterocycles. The van der Waals surface area contributed by atoms with Crippen molar-refractivity contribution >= 4 is 17.7 Å². The van der Waals surface area contributed by atoms with Crippen molar-refractivity contribution in [1.29, 1.82) is 0 Å². The highest BCUT2D eigenvalue weighted by Crippen LogP contribution is 2.39. The molecular weight excluding hydrogens is 485 g/mol. The van der Waals surface area contributed by atoms with Crippen molar-refractivity contribution in [3.63, 3.8) is 0 Å². The van der Waals surface area contributed by atoms with Crippen LogP contribution in [0.25, 0.3) is 0 Å². The summed E-state index contributed by atoms with van der Waals surface area (Å²) in [4.78, 5) is 43.6. The monoisotopic (exact) mass is 515 g/mol. The predicted molar refractivity (Wildman–Crippen MR) is 140 cm³/mol. The van der Waals surface area contributed by atoms with Crippen LogP contribution >= 0.6 is 0 Å². The third-order valence-electron chi connectivity index (χ3n) is 7.39. The van der Waals surface area contributed by atoms with E-state index < -0.39 is 17.6 Å². The maximum absolute atomic E-state index is 13.9. The van der Waals surface area contributed by atoms with Gasteiger partial charge in [-0.1, -0.05) is 48.5 Å². The summed E-state index contributed by atoms with van der Waals surface area (Å²) in [6.07, 6.45) is 0.722. The Balaban J connectivity index is 1.37. The minimum absolute atomic E-state index is 0.0736. The smallest absolute Gasteiger partial charge is 0.257 e. The van der Waals surface area contributed by atoms with Gasteiger partial charge in [0.1, 0.15) is 17.6 Å². The topological polar surface area (TPSA) is 79.0 Å². The lowest BCUT2D eigenvalue weighted by Gasteiger charge is -2.44. The van der Waals surface area contributed by atoms with Crippen LogP contribution in [0, 0.1) is 12.7 Å². The Bertz CT molecular complexity index is 1320. The summed E-state index contributed by atoms with van der Waals surface area (Å²) in [6.45, 7) is 2.96. The number of aryl methyl sites for hydroxylation is 1. The molecule has 0 radical (unpaired) electrons. The van der Waals surface area contributed by atoms with Gasteiger partial charge in [0.05, 0.1) is 6.61 Å². The summed E-state index contributed by atoms with van der Waals surface area (Å²) in [5.41, 5.74) is 1.68. The number of amides is 3. The lowest BCUT2D eigenvalue weighted by Crippen LogP contribution is -2.59. The van der Waals surface area contributed by atoms with Gasteiger partial charge in [-0.25, -0.2) is 4.39 Å². The molecule has 0 unspecified atom stereocenters. The number of carbonyl (C=O) groups is 3. The summed E-state index contributed by atoms with van der Waals surface area (Å²) < 4.78 is 19.6. The third-order valence-corrected chi connectivity index (χ3v) is 7.39. The second-order valence-corrected chi connectivity index (χ2v) is 9.77. The first-order valence-electron chi connectivity index (χ1n) is 12.8. The van der Waals surface area contributed by atoms with Gasteiger partial charge in [-0.2, -0.15) is 0 Å². The zero-order valence-electron chi connectivity index (χ0n) is 21.2. The molecule has 2 aliphatic heterocycles. The van der Waals surface area contributed by atoms with Crippen LogP contribution in [0.15, 0.2) is 78.9 Å². The first-order chi connectivity index (χ1) is 18.4. The summed E-state index contributed by atoms with van der Waals surface area (Å²) in [7, 11) is 0. The highest BCUT2D eigenvalue weighted by molar-refractivity contribution is 5.99. The van der Waals surface area contributed by atoms with E-state index in [1.165, 1.54) is 24.3 Å². The Kier molecular flexibility index (Phi) is 7.24. The molecule has 2 fully saturated rings. The Morgan fingerprint density at radius 3 is 2.26 bits per heavy atom. The number of piperidine rings is 1. The largest absolute Gasteiger partial charge is 0.353 e. The molecule has 0 saturated carbocycles. The van der Waals surface area contributed by atoms with Gasteiger partial charge >= 0.3 is 0 Å². The third kappa shape index (κ3) is 5.04. The summed E-state index contributed by atoms with van der Waals surface area (Å²) >= 11 is 0. The second kappa shape index (κ2) is 10.8. The molecule has 2 aliphatic rings. The fourth-order valence-corrected chi connectivity index (χ4v) is 5.25. The molecule has 1 spiro atoms. The molecule has 0 aromatic heterocycles. The van der Waals surface area contributed by atoms with Gasteiger partial charge in [-0.05, 0) is 48.4 Å². The number of rotatable bonds is 5. The van der Waals surface area contributed by atoms with Crippen molar-refractivity contribution < 1.29 is 23.5 Å². The fraction of sp³-hybridized carbons (Fsp3) is 0.300. The zero-order chi connectivity index (χ0) is 26.7. The maximum Gasteiger partial charge on any atom is 0.257 e. The first-order valence-corrected chi connectivity index (χ1v) is 12.8. The van der Waals surface area contributed by atoms with Crippen LogP contribution in [0.1, 0.15) is 44.7 Å². The maximum atomic E-state index is 13.9. The molecule has 8 heteroatoms. The number of carbonyl (C=O) groups excluding carboxylic acids is 3. The van der Waals surface area contributed by atoms with E-state index in [0.717, 1.165) is 11.1 Å².